The molecule has 0 heterocycles. The van der Waals surface area contributed by atoms with E-state index in [-0.39, 0.29) is 24.0 Å². The van der Waals surface area contributed by atoms with Crippen LogP contribution in [0.3, 0.4) is 0 Å². The number of halogens is 1. The molecule has 0 aliphatic rings. The second-order valence-electron chi connectivity index (χ2n) is 5.42. The topological polar surface area (TPSA) is 65.9 Å². The molecule has 23 heavy (non-hydrogen) atoms. The number of unbranched alkanes of at least 4 members (excludes halogenated alkanes) is 1. The monoisotopic (exact) mass is 435 g/mol. The van der Waals surface area contributed by atoms with E-state index in [1.807, 2.05) is 0 Å². The van der Waals surface area contributed by atoms with Gasteiger partial charge in [-0.25, -0.2) is 4.99 Å². The Kier molecular flexibility index (Phi) is 13.1. The van der Waals surface area contributed by atoms with E-state index in [2.05, 4.69) is 53.7 Å². The summed E-state index contributed by atoms with van der Waals surface area (Å²) in [4.78, 5) is 4.57. The summed E-state index contributed by atoms with van der Waals surface area (Å²) in [6.45, 7) is 6.44. The predicted octanol–water partition coefficient (Wildman–Crippen LogP) is 2.46. The zero-order chi connectivity index (χ0) is 16.2. The molecule has 0 aliphatic heterocycles. The van der Waals surface area contributed by atoms with E-state index in [0.29, 0.717) is 19.7 Å². The number of ether oxygens (including phenoxy) is 1. The fourth-order valence-electron chi connectivity index (χ4n) is 1.89. The molecule has 6 heteroatoms. The van der Waals surface area contributed by atoms with Crippen LogP contribution < -0.4 is 10.6 Å². The molecule has 0 saturated heterocycles. The van der Waals surface area contributed by atoms with Gasteiger partial charge in [-0.15, -0.1) is 24.0 Å². The Labute approximate surface area is 156 Å². The van der Waals surface area contributed by atoms with Gasteiger partial charge in [-0.2, -0.15) is 0 Å². The van der Waals surface area contributed by atoms with Gasteiger partial charge in [0.1, 0.15) is 0 Å². The van der Waals surface area contributed by atoms with E-state index in [4.69, 9.17) is 4.74 Å². The summed E-state index contributed by atoms with van der Waals surface area (Å²) in [7, 11) is 1.58. The van der Waals surface area contributed by atoms with Gasteiger partial charge in [0.05, 0.1) is 19.3 Å². The number of guanidine groups is 1. The maximum atomic E-state index is 9.72. The fraction of sp³-hybridized carbons (Fsp3) is 0.588. The highest BCUT2D eigenvalue weighted by Crippen LogP contribution is 2.04. The third-order valence-electron chi connectivity index (χ3n) is 3.23. The van der Waals surface area contributed by atoms with Crippen molar-refractivity contribution in [3.63, 3.8) is 0 Å². The van der Waals surface area contributed by atoms with E-state index < -0.39 is 6.10 Å². The van der Waals surface area contributed by atoms with Gasteiger partial charge >= 0.3 is 0 Å². The smallest absolute Gasteiger partial charge is 0.191 e. The Bertz CT molecular complexity index is 438. The van der Waals surface area contributed by atoms with Crippen molar-refractivity contribution in [2.45, 2.75) is 39.3 Å². The van der Waals surface area contributed by atoms with E-state index >= 15 is 0 Å². The Hall–Kier alpha value is -0.860. The van der Waals surface area contributed by atoms with Gasteiger partial charge in [0.25, 0.3) is 0 Å². The van der Waals surface area contributed by atoms with Crippen molar-refractivity contribution in [3.8, 4) is 0 Å². The maximum absolute atomic E-state index is 9.72. The van der Waals surface area contributed by atoms with E-state index in [1.54, 1.807) is 7.11 Å². The molecule has 0 fully saturated rings. The van der Waals surface area contributed by atoms with Crippen molar-refractivity contribution in [3.05, 3.63) is 35.4 Å². The van der Waals surface area contributed by atoms with Crippen molar-refractivity contribution in [2.24, 2.45) is 4.99 Å². The van der Waals surface area contributed by atoms with Gasteiger partial charge in [-0.1, -0.05) is 43.2 Å². The summed E-state index contributed by atoms with van der Waals surface area (Å²) in [5.74, 6) is 0.726. The lowest BCUT2D eigenvalue weighted by molar-refractivity contribution is 0.0673. The van der Waals surface area contributed by atoms with Crippen LogP contribution in [0.15, 0.2) is 29.3 Å². The highest BCUT2D eigenvalue weighted by atomic mass is 127. The number of nitrogens with zero attached hydrogens (tertiary/aromatic N) is 1. The molecule has 1 rings (SSSR count). The number of rotatable bonds is 9. The number of benzene rings is 1. The molecule has 1 aromatic carbocycles. The lowest BCUT2D eigenvalue weighted by Crippen LogP contribution is -2.42. The molecule has 132 valence electrons. The average Bonchev–Trinajstić information content (AvgIpc) is 2.51. The van der Waals surface area contributed by atoms with Gasteiger partial charge in [-0.05, 0) is 18.9 Å². The highest BCUT2D eigenvalue weighted by Gasteiger charge is 2.05. The number of aliphatic imine (C=N–C) groups is 1. The number of hydrogen-bond acceptors (Lipinski definition) is 3. The SMILES string of the molecule is CCCCNC(=NCc1ccc(C)cc1)NCC(O)COC.I. The van der Waals surface area contributed by atoms with Crippen molar-refractivity contribution in [1.82, 2.24) is 10.6 Å². The minimum absolute atomic E-state index is 0. The van der Waals surface area contributed by atoms with Crippen LogP contribution in [0.2, 0.25) is 0 Å². The Morgan fingerprint density at radius 1 is 1.26 bits per heavy atom. The quantitative estimate of drug-likeness (QED) is 0.241. The molecule has 0 bridgehead atoms. The Morgan fingerprint density at radius 2 is 1.96 bits per heavy atom. The highest BCUT2D eigenvalue weighted by molar-refractivity contribution is 14.0. The van der Waals surface area contributed by atoms with Gasteiger partial charge in [0.2, 0.25) is 0 Å². The maximum Gasteiger partial charge on any atom is 0.191 e. The first-order valence-electron chi connectivity index (χ1n) is 7.90. The van der Waals surface area contributed by atoms with Crippen molar-refractivity contribution in [1.29, 1.82) is 0 Å². The van der Waals surface area contributed by atoms with Crippen LogP contribution in [0.1, 0.15) is 30.9 Å². The minimum atomic E-state index is -0.539. The van der Waals surface area contributed by atoms with Crippen LogP contribution in [-0.2, 0) is 11.3 Å². The summed E-state index contributed by atoms with van der Waals surface area (Å²) >= 11 is 0. The summed E-state index contributed by atoms with van der Waals surface area (Å²) in [6.07, 6.45) is 1.68. The molecule has 0 amide bonds. The van der Waals surface area contributed by atoms with Crippen LogP contribution in [0.5, 0.6) is 0 Å². The number of hydrogen-bond donors (Lipinski definition) is 3. The van der Waals surface area contributed by atoms with Crippen LogP contribution in [-0.4, -0.2) is 44.0 Å². The van der Waals surface area contributed by atoms with Crippen LogP contribution in [0.4, 0.5) is 0 Å². The summed E-state index contributed by atoms with van der Waals surface area (Å²) < 4.78 is 4.92. The molecule has 0 radical (unpaired) electrons. The Balaban J connectivity index is 0.00000484. The van der Waals surface area contributed by atoms with E-state index in [0.717, 1.165) is 25.3 Å². The van der Waals surface area contributed by atoms with Crippen molar-refractivity contribution < 1.29 is 9.84 Å². The zero-order valence-electron chi connectivity index (χ0n) is 14.3. The van der Waals surface area contributed by atoms with Gasteiger partial charge in [0.15, 0.2) is 5.96 Å². The molecule has 0 spiro atoms. The molecule has 5 nitrogen and oxygen atoms in total. The molecular formula is C17H30IN3O2. The molecular weight excluding hydrogens is 405 g/mol. The van der Waals surface area contributed by atoms with Crippen LogP contribution in [0, 0.1) is 6.92 Å². The first kappa shape index (κ1) is 22.1. The van der Waals surface area contributed by atoms with Crippen molar-refractivity contribution >= 4 is 29.9 Å². The number of aliphatic hydroxyl groups excluding tert-OH is 1. The first-order chi connectivity index (χ1) is 10.7. The normalized spacial score (nSPS) is 12.4. The molecule has 3 N–H and O–H groups in total. The number of aryl methyl sites for hydroxylation is 1. The fourth-order valence-corrected chi connectivity index (χ4v) is 1.89. The van der Waals surface area contributed by atoms with E-state index in [9.17, 15) is 5.11 Å². The molecule has 0 saturated carbocycles. The number of aliphatic hydroxyl groups is 1. The predicted molar refractivity (Wildman–Crippen MR) is 107 cm³/mol. The second-order valence-corrected chi connectivity index (χ2v) is 5.42. The van der Waals surface area contributed by atoms with Gasteiger partial charge in [-0.3, -0.25) is 0 Å². The molecule has 0 aliphatic carbocycles. The number of methoxy groups -OCH3 is 1. The third-order valence-corrected chi connectivity index (χ3v) is 3.23. The van der Waals surface area contributed by atoms with Crippen LogP contribution in [0.25, 0.3) is 0 Å². The molecule has 0 aromatic heterocycles. The average molecular weight is 435 g/mol. The second kappa shape index (κ2) is 13.6. The Morgan fingerprint density at radius 3 is 2.57 bits per heavy atom. The molecule has 1 atom stereocenters. The van der Waals surface area contributed by atoms with Crippen molar-refractivity contribution in [2.75, 3.05) is 26.8 Å². The lowest BCUT2D eigenvalue weighted by Gasteiger charge is -2.15. The largest absolute Gasteiger partial charge is 0.389 e. The summed E-state index contributed by atoms with van der Waals surface area (Å²) in [5.41, 5.74) is 2.41. The summed E-state index contributed by atoms with van der Waals surface area (Å²) in [5, 5.41) is 16.2. The standard InChI is InChI=1S/C17H29N3O2.HI/c1-4-5-10-18-17(20-12-16(21)13-22-3)19-11-15-8-6-14(2)7-9-15;/h6-9,16,21H,4-5,10-13H2,1-3H3,(H2,18,19,20);1H. The van der Waals surface area contributed by atoms with Crippen LogP contribution >= 0.6 is 24.0 Å². The molecule has 1 aromatic rings. The molecule has 1 unspecified atom stereocenters. The lowest BCUT2D eigenvalue weighted by atomic mass is 10.1. The van der Waals surface area contributed by atoms with Gasteiger partial charge in [0, 0.05) is 20.2 Å². The first-order valence-corrected chi connectivity index (χ1v) is 7.90. The van der Waals surface area contributed by atoms with Gasteiger partial charge < -0.3 is 20.5 Å². The van der Waals surface area contributed by atoms with E-state index in [1.165, 1.54) is 11.1 Å². The summed E-state index contributed by atoms with van der Waals surface area (Å²) in [6, 6.07) is 8.35. The third kappa shape index (κ3) is 10.5. The zero-order valence-corrected chi connectivity index (χ0v) is 16.7. The number of nitrogens with one attached hydrogen (secondary N) is 2. The minimum Gasteiger partial charge on any atom is -0.389 e.